The van der Waals surface area contributed by atoms with Crippen LogP contribution in [0.5, 0.6) is 0 Å². The number of benzene rings is 2. The van der Waals surface area contributed by atoms with E-state index in [4.69, 9.17) is 34.8 Å². The van der Waals surface area contributed by atoms with Crippen LogP contribution >= 0.6 is 57.4 Å². The number of rotatable bonds is 1. The molecule has 5 heteroatoms. The Labute approximate surface area is 127 Å². The van der Waals surface area contributed by atoms with E-state index in [-0.39, 0.29) is 5.82 Å². The van der Waals surface area contributed by atoms with Gasteiger partial charge in [-0.15, -0.1) is 0 Å². The van der Waals surface area contributed by atoms with Crippen LogP contribution in [0.4, 0.5) is 4.39 Å². The molecule has 2 aromatic carbocycles. The van der Waals surface area contributed by atoms with E-state index < -0.39 is 0 Å². The Morgan fingerprint density at radius 3 is 2.06 bits per heavy atom. The molecule has 0 bridgehead atoms. The molecule has 0 saturated heterocycles. The van der Waals surface area contributed by atoms with Crippen molar-refractivity contribution in [3.8, 4) is 11.1 Å². The summed E-state index contributed by atoms with van der Waals surface area (Å²) in [5, 5.41) is 1.10. The Balaban J connectivity index is 2.61. The fourth-order valence-electron chi connectivity index (χ4n) is 1.43. The molecule has 0 spiro atoms. The van der Waals surface area contributed by atoms with Gasteiger partial charge in [0, 0.05) is 3.57 Å². The van der Waals surface area contributed by atoms with Crippen LogP contribution in [0.2, 0.25) is 15.1 Å². The van der Waals surface area contributed by atoms with Gasteiger partial charge in [-0.2, -0.15) is 0 Å². The second-order valence-corrected chi connectivity index (χ2v) is 5.73. The van der Waals surface area contributed by atoms with Crippen molar-refractivity contribution >= 4 is 57.4 Å². The smallest absolute Gasteiger partial charge is 0.124 e. The van der Waals surface area contributed by atoms with E-state index in [9.17, 15) is 4.39 Å². The van der Waals surface area contributed by atoms with Crippen LogP contribution in [0.15, 0.2) is 30.3 Å². The van der Waals surface area contributed by atoms with Crippen LogP contribution < -0.4 is 0 Å². The average Bonchev–Trinajstić information content (AvgIpc) is 2.25. The first-order chi connectivity index (χ1) is 7.99. The summed E-state index contributed by atoms with van der Waals surface area (Å²) in [5.41, 5.74) is 1.68. The first kappa shape index (κ1) is 13.4. The van der Waals surface area contributed by atoms with Crippen molar-refractivity contribution in [2.45, 2.75) is 0 Å². The highest BCUT2D eigenvalue weighted by molar-refractivity contribution is 14.1. The molecule has 0 aliphatic rings. The lowest BCUT2D eigenvalue weighted by molar-refractivity contribution is 0.627. The first-order valence-electron chi connectivity index (χ1n) is 4.59. The minimum atomic E-state index is -0.274. The fraction of sp³-hybridized carbons (Fsp3) is 0. The van der Waals surface area contributed by atoms with Crippen molar-refractivity contribution in [1.82, 2.24) is 0 Å². The zero-order valence-electron chi connectivity index (χ0n) is 8.28. The maximum Gasteiger partial charge on any atom is 0.124 e. The van der Waals surface area contributed by atoms with Gasteiger partial charge in [0.25, 0.3) is 0 Å². The SMILES string of the molecule is Fc1ccc(-c2cc(Cl)c(Cl)c(Cl)c2)c(I)c1. The molecule has 0 aliphatic carbocycles. The largest absolute Gasteiger partial charge is 0.207 e. The molecule has 0 nitrogen and oxygen atoms in total. The van der Waals surface area contributed by atoms with Crippen LogP contribution in [-0.2, 0) is 0 Å². The van der Waals surface area contributed by atoms with Crippen LogP contribution in [0.25, 0.3) is 11.1 Å². The molecule has 17 heavy (non-hydrogen) atoms. The summed E-state index contributed by atoms with van der Waals surface area (Å²) in [5.74, 6) is -0.274. The number of hydrogen-bond acceptors (Lipinski definition) is 0. The Morgan fingerprint density at radius 2 is 1.53 bits per heavy atom. The first-order valence-corrected chi connectivity index (χ1v) is 6.80. The monoisotopic (exact) mass is 400 g/mol. The van der Waals surface area contributed by atoms with Gasteiger partial charge in [-0.25, -0.2) is 4.39 Å². The maximum atomic E-state index is 13.0. The lowest BCUT2D eigenvalue weighted by Crippen LogP contribution is -1.86. The molecule has 0 unspecified atom stereocenters. The highest BCUT2D eigenvalue weighted by Gasteiger charge is 2.10. The van der Waals surface area contributed by atoms with E-state index in [0.717, 1.165) is 14.7 Å². The third kappa shape index (κ3) is 2.87. The van der Waals surface area contributed by atoms with Crippen LogP contribution in [0.1, 0.15) is 0 Å². The minimum Gasteiger partial charge on any atom is -0.207 e. The van der Waals surface area contributed by atoms with Crippen molar-refractivity contribution in [1.29, 1.82) is 0 Å². The van der Waals surface area contributed by atoms with E-state index >= 15 is 0 Å². The lowest BCUT2D eigenvalue weighted by Gasteiger charge is -2.08. The van der Waals surface area contributed by atoms with Gasteiger partial charge in [-0.1, -0.05) is 40.9 Å². The van der Waals surface area contributed by atoms with Gasteiger partial charge in [-0.05, 0) is 58.0 Å². The molecule has 88 valence electrons. The molecule has 2 aromatic rings. The normalized spacial score (nSPS) is 10.6. The quantitative estimate of drug-likeness (QED) is 0.403. The lowest BCUT2D eigenvalue weighted by atomic mass is 10.1. The third-order valence-corrected chi connectivity index (χ3v) is 4.32. The number of hydrogen-bond donors (Lipinski definition) is 0. The summed E-state index contributed by atoms with van der Waals surface area (Å²) < 4.78 is 13.8. The van der Waals surface area contributed by atoms with Gasteiger partial charge in [0.1, 0.15) is 5.82 Å². The molecule has 0 N–H and O–H groups in total. The summed E-state index contributed by atoms with van der Waals surface area (Å²) in [4.78, 5) is 0. The molecule has 0 aromatic heterocycles. The van der Waals surface area contributed by atoms with Gasteiger partial charge in [0.05, 0.1) is 15.1 Å². The summed E-state index contributed by atoms with van der Waals surface area (Å²) in [6.45, 7) is 0. The second-order valence-electron chi connectivity index (χ2n) is 3.38. The summed E-state index contributed by atoms with van der Waals surface area (Å²) in [6.07, 6.45) is 0. The molecule has 0 saturated carbocycles. The Bertz CT molecular complexity index is 561. The van der Waals surface area contributed by atoms with Gasteiger partial charge in [-0.3, -0.25) is 0 Å². The highest BCUT2D eigenvalue weighted by atomic mass is 127. The molecule has 0 fully saturated rings. The van der Waals surface area contributed by atoms with Crippen LogP contribution in [0, 0.1) is 9.39 Å². The minimum absolute atomic E-state index is 0.274. The van der Waals surface area contributed by atoms with Crippen molar-refractivity contribution in [3.05, 3.63) is 54.8 Å². The standard InChI is InChI=1S/C12H5Cl3FI/c13-9-3-6(4-10(14)12(9)15)8-2-1-7(16)5-11(8)17/h1-5H. The van der Waals surface area contributed by atoms with Crippen molar-refractivity contribution in [2.24, 2.45) is 0 Å². The predicted octanol–water partition coefficient (Wildman–Crippen LogP) is 6.06. The van der Waals surface area contributed by atoms with Crippen LogP contribution in [0.3, 0.4) is 0 Å². The van der Waals surface area contributed by atoms with Crippen molar-refractivity contribution in [2.75, 3.05) is 0 Å². The van der Waals surface area contributed by atoms with E-state index in [1.807, 2.05) is 0 Å². The number of halogens is 5. The van der Waals surface area contributed by atoms with E-state index in [1.165, 1.54) is 12.1 Å². The summed E-state index contributed by atoms with van der Waals surface area (Å²) in [7, 11) is 0. The fourth-order valence-corrected chi connectivity index (χ4v) is 2.82. The zero-order chi connectivity index (χ0) is 12.6. The summed E-state index contributed by atoms with van der Waals surface area (Å²) >= 11 is 19.9. The highest BCUT2D eigenvalue weighted by Crippen LogP contribution is 2.36. The third-order valence-electron chi connectivity index (χ3n) is 2.23. The van der Waals surface area contributed by atoms with Crippen molar-refractivity contribution < 1.29 is 4.39 Å². The Hall–Kier alpha value is -0.0300. The van der Waals surface area contributed by atoms with Crippen molar-refractivity contribution in [3.63, 3.8) is 0 Å². The molecule has 0 amide bonds. The van der Waals surface area contributed by atoms with Gasteiger partial charge >= 0.3 is 0 Å². The van der Waals surface area contributed by atoms with E-state index in [0.29, 0.717) is 15.1 Å². The van der Waals surface area contributed by atoms with Gasteiger partial charge < -0.3 is 0 Å². The average molecular weight is 401 g/mol. The van der Waals surface area contributed by atoms with Gasteiger partial charge in [0.2, 0.25) is 0 Å². The maximum absolute atomic E-state index is 13.0. The molecule has 0 aliphatic heterocycles. The molecule has 2 rings (SSSR count). The van der Waals surface area contributed by atoms with Gasteiger partial charge in [0.15, 0.2) is 0 Å². The molecular formula is C12H5Cl3FI. The Morgan fingerprint density at radius 1 is 0.941 bits per heavy atom. The molecule has 0 atom stereocenters. The Kier molecular flexibility index (Phi) is 4.18. The van der Waals surface area contributed by atoms with E-state index in [1.54, 1.807) is 18.2 Å². The topological polar surface area (TPSA) is 0 Å². The van der Waals surface area contributed by atoms with E-state index in [2.05, 4.69) is 22.6 Å². The van der Waals surface area contributed by atoms with Crippen LogP contribution in [-0.4, -0.2) is 0 Å². The molecular weight excluding hydrogens is 396 g/mol. The second kappa shape index (κ2) is 5.31. The predicted molar refractivity (Wildman–Crippen MR) is 79.6 cm³/mol. The molecule has 0 radical (unpaired) electrons. The summed E-state index contributed by atoms with van der Waals surface area (Å²) in [6, 6.07) is 7.96. The molecule has 0 heterocycles. The zero-order valence-corrected chi connectivity index (χ0v) is 12.7.